The number of nitrogens with zero attached hydrogens (tertiary/aromatic N) is 1. The third kappa shape index (κ3) is 3.46. The highest BCUT2D eigenvalue weighted by Crippen LogP contribution is 1.97. The fourth-order valence-electron chi connectivity index (χ4n) is 0.974. The molecule has 0 aromatic rings. The number of rotatable bonds is 4. The molecule has 0 spiro atoms. The molecule has 1 atom stereocenters. The number of aliphatic hydroxyl groups is 2. The minimum atomic E-state index is -1.06. The number of hydrogen-bond acceptors (Lipinski definition) is 5. The summed E-state index contributed by atoms with van der Waals surface area (Å²) in [7, 11) is 0. The number of aliphatic hydroxyl groups excluding tert-OH is 2. The molecule has 0 radical (unpaired) electrons. The van der Waals surface area contributed by atoms with E-state index in [9.17, 15) is 0 Å². The van der Waals surface area contributed by atoms with Crippen LogP contribution < -0.4 is 0 Å². The van der Waals surface area contributed by atoms with Gasteiger partial charge in [-0.2, -0.15) is 0 Å². The van der Waals surface area contributed by atoms with Crippen molar-refractivity contribution in [2.24, 2.45) is 0 Å². The monoisotopic (exact) mass is 177 g/mol. The van der Waals surface area contributed by atoms with Crippen LogP contribution in [0.15, 0.2) is 0 Å². The maximum Gasteiger partial charge on any atom is 0.179 e. The molecule has 1 aliphatic heterocycles. The van der Waals surface area contributed by atoms with Crippen molar-refractivity contribution in [3.8, 4) is 0 Å². The highest BCUT2D eigenvalue weighted by molar-refractivity contribution is 4.57. The van der Waals surface area contributed by atoms with Gasteiger partial charge in [0.15, 0.2) is 6.29 Å². The summed E-state index contributed by atoms with van der Waals surface area (Å²) in [5.41, 5.74) is 0. The zero-order valence-electron chi connectivity index (χ0n) is 6.98. The normalized spacial score (nSPS) is 22.5. The van der Waals surface area contributed by atoms with Gasteiger partial charge in [0.2, 0.25) is 0 Å². The van der Waals surface area contributed by atoms with Crippen LogP contribution in [0.25, 0.3) is 0 Å². The lowest BCUT2D eigenvalue weighted by Gasteiger charge is -2.26. The van der Waals surface area contributed by atoms with Gasteiger partial charge in [-0.25, -0.2) is 0 Å². The first kappa shape index (κ1) is 9.88. The molecule has 1 saturated heterocycles. The third-order valence-corrected chi connectivity index (χ3v) is 1.71. The fourth-order valence-corrected chi connectivity index (χ4v) is 0.974. The average molecular weight is 177 g/mol. The first-order chi connectivity index (χ1) is 5.83. The molecule has 1 heterocycles. The van der Waals surface area contributed by atoms with Crippen LogP contribution in [0.4, 0.5) is 0 Å². The molecule has 72 valence electrons. The Morgan fingerprint density at radius 2 is 2.08 bits per heavy atom. The van der Waals surface area contributed by atoms with E-state index >= 15 is 0 Å². The first-order valence-corrected chi connectivity index (χ1v) is 4.03. The Morgan fingerprint density at radius 3 is 2.67 bits per heavy atom. The molecular weight excluding hydrogens is 162 g/mol. The highest BCUT2D eigenvalue weighted by atomic mass is 16.6. The lowest BCUT2D eigenvalue weighted by molar-refractivity contribution is -0.160. The molecule has 1 fully saturated rings. The van der Waals surface area contributed by atoms with Crippen molar-refractivity contribution in [2.45, 2.75) is 6.29 Å². The predicted octanol–water partition coefficient (Wildman–Crippen LogP) is -1.40. The molecule has 0 aromatic heterocycles. The largest absolute Gasteiger partial charge is 0.391 e. The zero-order valence-corrected chi connectivity index (χ0v) is 6.98. The number of ether oxygens (including phenoxy) is 2. The summed E-state index contributed by atoms with van der Waals surface area (Å²) in [6.07, 6.45) is -1.06. The molecule has 1 unspecified atom stereocenters. The van der Waals surface area contributed by atoms with Gasteiger partial charge in [0.25, 0.3) is 0 Å². The Bertz CT molecular complexity index is 116. The topological polar surface area (TPSA) is 62.2 Å². The van der Waals surface area contributed by atoms with Crippen LogP contribution in [0.5, 0.6) is 0 Å². The summed E-state index contributed by atoms with van der Waals surface area (Å²) < 4.78 is 10.0. The van der Waals surface area contributed by atoms with Gasteiger partial charge in [-0.15, -0.1) is 0 Å². The summed E-state index contributed by atoms with van der Waals surface area (Å²) in [5.74, 6) is 0. The summed E-state index contributed by atoms with van der Waals surface area (Å²) in [4.78, 5) is 2.02. The minimum Gasteiger partial charge on any atom is -0.391 e. The standard InChI is InChI=1S/C7H15NO4/c9-5-7(10)12-6-8-1-3-11-4-2-8/h7,9-10H,1-6H2. The first-order valence-electron chi connectivity index (χ1n) is 4.03. The smallest absolute Gasteiger partial charge is 0.179 e. The quantitative estimate of drug-likeness (QED) is 0.517. The second-order valence-corrected chi connectivity index (χ2v) is 2.66. The van der Waals surface area contributed by atoms with Gasteiger partial charge in [0, 0.05) is 13.1 Å². The van der Waals surface area contributed by atoms with Gasteiger partial charge < -0.3 is 19.7 Å². The van der Waals surface area contributed by atoms with E-state index < -0.39 is 6.29 Å². The maximum atomic E-state index is 8.86. The molecular formula is C7H15NO4. The van der Waals surface area contributed by atoms with E-state index in [1.807, 2.05) is 4.90 Å². The number of hydrogen-bond donors (Lipinski definition) is 2. The van der Waals surface area contributed by atoms with Crippen molar-refractivity contribution in [1.82, 2.24) is 4.90 Å². The molecule has 1 rings (SSSR count). The summed E-state index contributed by atoms with van der Waals surface area (Å²) >= 11 is 0. The Kier molecular flexibility index (Phi) is 4.49. The molecule has 0 aliphatic carbocycles. The van der Waals surface area contributed by atoms with E-state index in [2.05, 4.69) is 0 Å². The van der Waals surface area contributed by atoms with Crippen LogP contribution in [0.3, 0.4) is 0 Å². The van der Waals surface area contributed by atoms with Gasteiger partial charge in [0.1, 0.15) is 6.73 Å². The third-order valence-electron chi connectivity index (χ3n) is 1.71. The van der Waals surface area contributed by atoms with Crippen LogP contribution in [-0.2, 0) is 9.47 Å². The van der Waals surface area contributed by atoms with Crippen molar-refractivity contribution in [2.75, 3.05) is 39.6 Å². The molecule has 1 aliphatic rings. The van der Waals surface area contributed by atoms with E-state index in [0.717, 1.165) is 13.1 Å². The van der Waals surface area contributed by atoms with E-state index in [1.54, 1.807) is 0 Å². The molecule has 0 amide bonds. The Labute approximate surface area is 71.5 Å². The summed E-state index contributed by atoms with van der Waals surface area (Å²) in [6.45, 7) is 3.04. The summed E-state index contributed by atoms with van der Waals surface area (Å²) in [5, 5.41) is 17.3. The van der Waals surface area contributed by atoms with Crippen LogP contribution in [0, 0.1) is 0 Å². The van der Waals surface area contributed by atoms with E-state index in [-0.39, 0.29) is 6.61 Å². The minimum absolute atomic E-state index is 0.352. The van der Waals surface area contributed by atoms with Crippen molar-refractivity contribution in [3.63, 3.8) is 0 Å². The number of morpholine rings is 1. The van der Waals surface area contributed by atoms with Gasteiger partial charge >= 0.3 is 0 Å². The Hall–Kier alpha value is -0.200. The molecule has 0 aromatic carbocycles. The van der Waals surface area contributed by atoms with Crippen molar-refractivity contribution < 1.29 is 19.7 Å². The van der Waals surface area contributed by atoms with E-state index in [0.29, 0.717) is 19.9 Å². The molecule has 2 N–H and O–H groups in total. The molecule has 0 saturated carbocycles. The SMILES string of the molecule is OCC(O)OCN1CCOCC1. The molecule has 0 bridgehead atoms. The lowest BCUT2D eigenvalue weighted by Crippen LogP contribution is -2.39. The second-order valence-electron chi connectivity index (χ2n) is 2.66. The predicted molar refractivity (Wildman–Crippen MR) is 41.4 cm³/mol. The van der Waals surface area contributed by atoms with Crippen molar-refractivity contribution in [3.05, 3.63) is 0 Å². The Morgan fingerprint density at radius 1 is 1.42 bits per heavy atom. The van der Waals surface area contributed by atoms with Gasteiger partial charge in [-0.3, -0.25) is 4.90 Å². The highest BCUT2D eigenvalue weighted by Gasteiger charge is 2.11. The van der Waals surface area contributed by atoms with Crippen LogP contribution in [0.1, 0.15) is 0 Å². The molecule has 5 nitrogen and oxygen atoms in total. The van der Waals surface area contributed by atoms with Gasteiger partial charge in [-0.1, -0.05) is 0 Å². The molecule has 12 heavy (non-hydrogen) atoms. The lowest BCUT2D eigenvalue weighted by atomic mass is 10.5. The van der Waals surface area contributed by atoms with Crippen LogP contribution >= 0.6 is 0 Å². The Balaban J connectivity index is 2.05. The van der Waals surface area contributed by atoms with Gasteiger partial charge in [0.05, 0.1) is 19.8 Å². The van der Waals surface area contributed by atoms with E-state index in [4.69, 9.17) is 19.7 Å². The van der Waals surface area contributed by atoms with Crippen molar-refractivity contribution >= 4 is 0 Å². The van der Waals surface area contributed by atoms with Crippen LogP contribution in [0.2, 0.25) is 0 Å². The fraction of sp³-hybridized carbons (Fsp3) is 1.00. The van der Waals surface area contributed by atoms with Crippen molar-refractivity contribution in [1.29, 1.82) is 0 Å². The van der Waals surface area contributed by atoms with Gasteiger partial charge in [-0.05, 0) is 0 Å². The van der Waals surface area contributed by atoms with E-state index in [1.165, 1.54) is 0 Å². The maximum absolute atomic E-state index is 8.86. The second kappa shape index (κ2) is 5.45. The average Bonchev–Trinajstić information content (AvgIpc) is 2.16. The summed E-state index contributed by atoms with van der Waals surface area (Å²) in [6, 6.07) is 0. The molecule has 5 heteroatoms. The zero-order chi connectivity index (χ0) is 8.81. The van der Waals surface area contributed by atoms with Crippen LogP contribution in [-0.4, -0.2) is 61.0 Å².